The molecule has 0 saturated carbocycles. The highest BCUT2D eigenvalue weighted by Crippen LogP contribution is 2.17. The standard InChI is InChI=1S/C20H22N2O3/c1-16(23)21-10-12-22(13-11-21)20(24)18-8-5-9-19(14-18)25-15-17-6-3-2-4-7-17/h2-9,14H,10-13,15H2,1H3. The van der Waals surface area contributed by atoms with Gasteiger partial charge in [-0.3, -0.25) is 9.59 Å². The first-order chi connectivity index (χ1) is 12.1. The van der Waals surface area contributed by atoms with E-state index in [1.54, 1.807) is 28.9 Å². The second-order valence-electron chi connectivity index (χ2n) is 6.10. The summed E-state index contributed by atoms with van der Waals surface area (Å²) in [5.74, 6) is 0.717. The minimum atomic E-state index is -0.0200. The van der Waals surface area contributed by atoms with E-state index in [1.165, 1.54) is 0 Å². The molecule has 0 radical (unpaired) electrons. The second-order valence-corrected chi connectivity index (χ2v) is 6.10. The molecule has 0 N–H and O–H groups in total. The first kappa shape index (κ1) is 17.0. The average molecular weight is 338 g/mol. The molecule has 2 amide bonds. The van der Waals surface area contributed by atoms with Crippen LogP contribution in [-0.2, 0) is 11.4 Å². The van der Waals surface area contributed by atoms with Crippen LogP contribution in [0.2, 0.25) is 0 Å². The van der Waals surface area contributed by atoms with Crippen molar-refractivity contribution < 1.29 is 14.3 Å². The largest absolute Gasteiger partial charge is 0.489 e. The summed E-state index contributed by atoms with van der Waals surface area (Å²) in [7, 11) is 0. The molecule has 0 aromatic heterocycles. The Morgan fingerprint density at radius 1 is 0.920 bits per heavy atom. The van der Waals surface area contributed by atoms with Gasteiger partial charge in [-0.15, -0.1) is 0 Å². The van der Waals surface area contributed by atoms with Crippen molar-refractivity contribution in [3.63, 3.8) is 0 Å². The molecule has 1 heterocycles. The number of carbonyl (C=O) groups is 2. The molecule has 25 heavy (non-hydrogen) atoms. The van der Waals surface area contributed by atoms with E-state index in [2.05, 4.69) is 0 Å². The van der Waals surface area contributed by atoms with Gasteiger partial charge in [0.25, 0.3) is 5.91 Å². The molecule has 0 aliphatic carbocycles. The van der Waals surface area contributed by atoms with Crippen molar-refractivity contribution in [2.45, 2.75) is 13.5 Å². The summed E-state index contributed by atoms with van der Waals surface area (Å²) in [5, 5.41) is 0. The number of benzene rings is 2. The number of rotatable bonds is 4. The normalized spacial score (nSPS) is 14.3. The van der Waals surface area contributed by atoms with Gasteiger partial charge in [0.15, 0.2) is 0 Å². The maximum atomic E-state index is 12.7. The quantitative estimate of drug-likeness (QED) is 0.861. The van der Waals surface area contributed by atoms with Crippen LogP contribution >= 0.6 is 0 Å². The molecule has 1 aliphatic rings. The molecule has 0 unspecified atom stereocenters. The van der Waals surface area contributed by atoms with Gasteiger partial charge in [0.1, 0.15) is 12.4 Å². The van der Waals surface area contributed by atoms with Crippen molar-refractivity contribution in [1.29, 1.82) is 0 Å². The fourth-order valence-electron chi connectivity index (χ4n) is 2.87. The lowest BCUT2D eigenvalue weighted by Crippen LogP contribution is -2.50. The number of piperazine rings is 1. The first-order valence-corrected chi connectivity index (χ1v) is 8.45. The summed E-state index contributed by atoms with van der Waals surface area (Å²) in [6.45, 7) is 4.33. The number of hydrogen-bond donors (Lipinski definition) is 0. The van der Waals surface area contributed by atoms with Crippen LogP contribution in [0, 0.1) is 0 Å². The van der Waals surface area contributed by atoms with Crippen LogP contribution in [0.4, 0.5) is 0 Å². The lowest BCUT2D eigenvalue weighted by atomic mass is 10.1. The van der Waals surface area contributed by atoms with Crippen molar-refractivity contribution in [3.05, 3.63) is 65.7 Å². The van der Waals surface area contributed by atoms with Crippen molar-refractivity contribution in [2.75, 3.05) is 26.2 Å². The third-order valence-corrected chi connectivity index (χ3v) is 4.34. The topological polar surface area (TPSA) is 49.9 Å². The van der Waals surface area contributed by atoms with Crippen molar-refractivity contribution >= 4 is 11.8 Å². The average Bonchev–Trinajstić information content (AvgIpc) is 2.67. The Bertz CT molecular complexity index is 738. The minimum Gasteiger partial charge on any atom is -0.489 e. The summed E-state index contributed by atoms with van der Waals surface area (Å²) < 4.78 is 5.80. The van der Waals surface area contributed by atoms with Crippen LogP contribution in [0.1, 0.15) is 22.8 Å². The fourth-order valence-corrected chi connectivity index (χ4v) is 2.87. The third kappa shape index (κ3) is 4.38. The number of hydrogen-bond acceptors (Lipinski definition) is 3. The maximum Gasteiger partial charge on any atom is 0.254 e. The van der Waals surface area contributed by atoms with Crippen LogP contribution in [0.25, 0.3) is 0 Å². The highest BCUT2D eigenvalue weighted by Gasteiger charge is 2.23. The van der Waals surface area contributed by atoms with Gasteiger partial charge in [-0.1, -0.05) is 36.4 Å². The van der Waals surface area contributed by atoms with Gasteiger partial charge in [-0.25, -0.2) is 0 Å². The molecule has 2 aromatic carbocycles. The monoisotopic (exact) mass is 338 g/mol. The highest BCUT2D eigenvalue weighted by molar-refractivity contribution is 5.94. The Balaban J connectivity index is 1.61. The highest BCUT2D eigenvalue weighted by atomic mass is 16.5. The third-order valence-electron chi connectivity index (χ3n) is 4.34. The zero-order chi connectivity index (χ0) is 17.6. The lowest BCUT2D eigenvalue weighted by molar-refractivity contribution is -0.130. The smallest absolute Gasteiger partial charge is 0.254 e. The van der Waals surface area contributed by atoms with Crippen molar-refractivity contribution in [1.82, 2.24) is 9.80 Å². The van der Waals surface area contributed by atoms with Crippen molar-refractivity contribution in [2.24, 2.45) is 0 Å². The number of ether oxygens (including phenoxy) is 1. The Labute approximate surface area is 147 Å². The van der Waals surface area contributed by atoms with Crippen molar-refractivity contribution in [3.8, 4) is 5.75 Å². The molecule has 130 valence electrons. The molecule has 3 rings (SSSR count). The van der Waals surface area contributed by atoms with Gasteiger partial charge in [-0.2, -0.15) is 0 Å². The predicted molar refractivity (Wildman–Crippen MR) is 95.4 cm³/mol. The van der Waals surface area contributed by atoms with Crippen LogP contribution in [-0.4, -0.2) is 47.8 Å². The van der Waals surface area contributed by atoms with Gasteiger partial charge in [0.2, 0.25) is 5.91 Å². The SMILES string of the molecule is CC(=O)N1CCN(C(=O)c2cccc(OCc3ccccc3)c2)CC1. The van der Waals surface area contributed by atoms with Gasteiger partial charge in [0, 0.05) is 38.7 Å². The van der Waals surface area contributed by atoms with E-state index in [-0.39, 0.29) is 11.8 Å². The molecule has 0 spiro atoms. The molecular weight excluding hydrogens is 316 g/mol. The molecule has 0 bridgehead atoms. The zero-order valence-electron chi connectivity index (χ0n) is 14.4. The van der Waals surface area contributed by atoms with Crippen LogP contribution in [0.5, 0.6) is 5.75 Å². The molecule has 5 heteroatoms. The minimum absolute atomic E-state index is 0.0200. The van der Waals surface area contributed by atoms with Gasteiger partial charge in [0.05, 0.1) is 0 Å². The van der Waals surface area contributed by atoms with E-state index in [0.29, 0.717) is 44.1 Å². The van der Waals surface area contributed by atoms with E-state index in [4.69, 9.17) is 4.74 Å². The molecule has 1 aliphatic heterocycles. The maximum absolute atomic E-state index is 12.7. The summed E-state index contributed by atoms with van der Waals surface area (Å²) in [6, 6.07) is 17.2. The summed E-state index contributed by atoms with van der Waals surface area (Å²) in [5.41, 5.74) is 1.70. The Morgan fingerprint density at radius 3 is 2.28 bits per heavy atom. The van der Waals surface area contributed by atoms with Crippen LogP contribution in [0.3, 0.4) is 0 Å². The van der Waals surface area contributed by atoms with Crippen LogP contribution in [0.15, 0.2) is 54.6 Å². The van der Waals surface area contributed by atoms with Gasteiger partial charge >= 0.3 is 0 Å². The molecule has 2 aromatic rings. The Hall–Kier alpha value is -2.82. The lowest BCUT2D eigenvalue weighted by Gasteiger charge is -2.34. The van der Waals surface area contributed by atoms with E-state index in [1.807, 2.05) is 42.5 Å². The summed E-state index contributed by atoms with van der Waals surface area (Å²) in [4.78, 5) is 27.6. The molecular formula is C20H22N2O3. The number of amides is 2. The molecule has 5 nitrogen and oxygen atoms in total. The zero-order valence-corrected chi connectivity index (χ0v) is 14.4. The first-order valence-electron chi connectivity index (χ1n) is 8.45. The molecule has 1 fully saturated rings. The van der Waals surface area contributed by atoms with E-state index < -0.39 is 0 Å². The Morgan fingerprint density at radius 2 is 1.60 bits per heavy atom. The predicted octanol–water partition coefficient (Wildman–Crippen LogP) is 2.57. The van der Waals surface area contributed by atoms with Crippen LogP contribution < -0.4 is 4.74 Å². The summed E-state index contributed by atoms with van der Waals surface area (Å²) in [6.07, 6.45) is 0. The second kappa shape index (κ2) is 7.83. The van der Waals surface area contributed by atoms with Gasteiger partial charge in [-0.05, 0) is 23.8 Å². The fraction of sp³-hybridized carbons (Fsp3) is 0.300. The number of nitrogens with zero attached hydrogens (tertiary/aromatic N) is 2. The number of carbonyl (C=O) groups excluding carboxylic acids is 2. The van der Waals surface area contributed by atoms with Gasteiger partial charge < -0.3 is 14.5 Å². The Kier molecular flexibility index (Phi) is 5.33. The van der Waals surface area contributed by atoms with E-state index >= 15 is 0 Å². The van der Waals surface area contributed by atoms with E-state index in [9.17, 15) is 9.59 Å². The van der Waals surface area contributed by atoms with E-state index in [0.717, 1.165) is 5.56 Å². The molecule has 1 saturated heterocycles. The molecule has 0 atom stereocenters. The summed E-state index contributed by atoms with van der Waals surface area (Å²) >= 11 is 0.